The average Bonchev–Trinajstić information content (AvgIpc) is 2.45. The fraction of sp³-hybridized carbons (Fsp3) is 0.353. The molecule has 0 aliphatic carbocycles. The van der Waals surface area contributed by atoms with E-state index in [4.69, 9.17) is 0 Å². The SMILES string of the molecule is CCC(CC)c1cc(F)c(Cc2cccnc2)c(F)c1. The summed E-state index contributed by atoms with van der Waals surface area (Å²) in [7, 11) is 0. The number of rotatable bonds is 5. The van der Waals surface area contributed by atoms with Gasteiger partial charge in [0.1, 0.15) is 11.6 Å². The number of hydrogen-bond acceptors (Lipinski definition) is 1. The summed E-state index contributed by atoms with van der Waals surface area (Å²) in [6, 6.07) is 6.54. The first-order valence-corrected chi connectivity index (χ1v) is 7.02. The molecular formula is C17H19F2N. The molecule has 0 N–H and O–H groups in total. The van der Waals surface area contributed by atoms with E-state index in [1.54, 1.807) is 18.5 Å². The lowest BCUT2D eigenvalue weighted by Crippen LogP contribution is -2.03. The summed E-state index contributed by atoms with van der Waals surface area (Å²) < 4.78 is 28.3. The van der Waals surface area contributed by atoms with E-state index in [1.165, 1.54) is 12.1 Å². The summed E-state index contributed by atoms with van der Waals surface area (Å²) in [6.45, 7) is 4.07. The maximum atomic E-state index is 14.2. The van der Waals surface area contributed by atoms with Crippen LogP contribution in [0.2, 0.25) is 0 Å². The lowest BCUT2D eigenvalue weighted by Gasteiger charge is -2.15. The van der Waals surface area contributed by atoms with E-state index in [0.29, 0.717) is 0 Å². The van der Waals surface area contributed by atoms with Gasteiger partial charge in [-0.15, -0.1) is 0 Å². The molecule has 0 spiro atoms. The number of benzene rings is 1. The summed E-state index contributed by atoms with van der Waals surface area (Å²) in [6.07, 6.45) is 5.28. The van der Waals surface area contributed by atoms with Crippen LogP contribution in [0.3, 0.4) is 0 Å². The third-order valence-corrected chi connectivity index (χ3v) is 3.72. The minimum absolute atomic E-state index is 0.118. The van der Waals surface area contributed by atoms with Gasteiger partial charge in [-0.2, -0.15) is 0 Å². The molecule has 0 saturated heterocycles. The van der Waals surface area contributed by atoms with Crippen molar-refractivity contribution in [2.75, 3.05) is 0 Å². The van der Waals surface area contributed by atoms with Crippen LogP contribution < -0.4 is 0 Å². The van der Waals surface area contributed by atoms with Gasteiger partial charge in [0.25, 0.3) is 0 Å². The molecule has 0 aliphatic heterocycles. The Labute approximate surface area is 118 Å². The molecule has 0 fully saturated rings. The van der Waals surface area contributed by atoms with E-state index in [1.807, 2.05) is 19.9 Å². The minimum Gasteiger partial charge on any atom is -0.264 e. The maximum absolute atomic E-state index is 14.2. The Bertz CT molecular complexity index is 539. The van der Waals surface area contributed by atoms with E-state index < -0.39 is 11.6 Å². The van der Waals surface area contributed by atoms with Crippen LogP contribution in [0.1, 0.15) is 49.3 Å². The zero-order valence-electron chi connectivity index (χ0n) is 11.9. The van der Waals surface area contributed by atoms with Gasteiger partial charge >= 0.3 is 0 Å². The molecule has 2 rings (SSSR count). The smallest absolute Gasteiger partial charge is 0.129 e. The fourth-order valence-electron chi connectivity index (χ4n) is 2.49. The molecule has 0 bridgehead atoms. The van der Waals surface area contributed by atoms with E-state index in [2.05, 4.69) is 4.98 Å². The monoisotopic (exact) mass is 275 g/mol. The molecule has 0 saturated carbocycles. The summed E-state index contributed by atoms with van der Waals surface area (Å²) in [5.41, 5.74) is 1.67. The highest BCUT2D eigenvalue weighted by Gasteiger charge is 2.15. The summed E-state index contributed by atoms with van der Waals surface area (Å²) in [5, 5.41) is 0. The van der Waals surface area contributed by atoms with Crippen LogP contribution in [0.25, 0.3) is 0 Å². The molecule has 106 valence electrons. The van der Waals surface area contributed by atoms with Crippen molar-refractivity contribution in [3.05, 3.63) is 65.0 Å². The van der Waals surface area contributed by atoms with Crippen molar-refractivity contribution in [1.82, 2.24) is 4.98 Å². The summed E-state index contributed by atoms with van der Waals surface area (Å²) >= 11 is 0. The Morgan fingerprint density at radius 2 is 1.75 bits per heavy atom. The molecule has 1 aromatic heterocycles. The van der Waals surface area contributed by atoms with Gasteiger partial charge in [0.2, 0.25) is 0 Å². The highest BCUT2D eigenvalue weighted by atomic mass is 19.1. The van der Waals surface area contributed by atoms with Gasteiger partial charge in [-0.1, -0.05) is 19.9 Å². The molecule has 0 unspecified atom stereocenters. The van der Waals surface area contributed by atoms with Crippen molar-refractivity contribution in [2.45, 2.75) is 39.0 Å². The quantitative estimate of drug-likeness (QED) is 0.759. The second-order valence-corrected chi connectivity index (χ2v) is 5.01. The zero-order valence-corrected chi connectivity index (χ0v) is 11.9. The van der Waals surface area contributed by atoms with Gasteiger partial charge < -0.3 is 0 Å². The molecule has 0 atom stereocenters. The Balaban J connectivity index is 2.32. The standard InChI is InChI=1S/C17H19F2N/c1-3-13(4-2)14-9-16(18)15(17(19)10-14)8-12-6-5-7-20-11-12/h5-7,9-11,13H,3-4,8H2,1-2H3. The number of pyridine rings is 1. The molecule has 0 amide bonds. The lowest BCUT2D eigenvalue weighted by atomic mass is 9.92. The second kappa shape index (κ2) is 6.60. The average molecular weight is 275 g/mol. The zero-order chi connectivity index (χ0) is 14.5. The second-order valence-electron chi connectivity index (χ2n) is 5.01. The van der Waals surface area contributed by atoms with Gasteiger partial charge in [0.05, 0.1) is 0 Å². The number of halogens is 2. The van der Waals surface area contributed by atoms with Crippen molar-refractivity contribution in [3.8, 4) is 0 Å². The Hall–Kier alpha value is -1.77. The molecule has 1 aromatic carbocycles. The van der Waals surface area contributed by atoms with Crippen molar-refractivity contribution in [2.24, 2.45) is 0 Å². The first-order chi connectivity index (χ1) is 9.65. The highest BCUT2D eigenvalue weighted by molar-refractivity contribution is 5.32. The molecule has 2 aromatic rings. The molecule has 3 heteroatoms. The normalized spacial score (nSPS) is 11.1. The maximum Gasteiger partial charge on any atom is 0.129 e. The van der Waals surface area contributed by atoms with Gasteiger partial charge in [-0.05, 0) is 48.1 Å². The Morgan fingerprint density at radius 1 is 1.10 bits per heavy atom. The van der Waals surface area contributed by atoms with Gasteiger partial charge in [0.15, 0.2) is 0 Å². The van der Waals surface area contributed by atoms with E-state index in [0.717, 1.165) is 24.0 Å². The van der Waals surface area contributed by atoms with Crippen LogP contribution in [0, 0.1) is 11.6 Å². The number of nitrogens with zero attached hydrogens (tertiary/aromatic N) is 1. The summed E-state index contributed by atoms with van der Waals surface area (Å²) in [5.74, 6) is -0.710. The van der Waals surface area contributed by atoms with Crippen molar-refractivity contribution < 1.29 is 8.78 Å². The third kappa shape index (κ3) is 3.21. The molecular weight excluding hydrogens is 256 g/mol. The van der Waals surface area contributed by atoms with Crippen LogP contribution in [0.5, 0.6) is 0 Å². The lowest BCUT2D eigenvalue weighted by molar-refractivity contribution is 0.547. The predicted octanol–water partition coefficient (Wildman–Crippen LogP) is 4.85. The largest absolute Gasteiger partial charge is 0.264 e. The Morgan fingerprint density at radius 3 is 2.25 bits per heavy atom. The van der Waals surface area contributed by atoms with Gasteiger partial charge in [-0.25, -0.2) is 8.78 Å². The van der Waals surface area contributed by atoms with E-state index in [9.17, 15) is 8.78 Å². The van der Waals surface area contributed by atoms with E-state index >= 15 is 0 Å². The van der Waals surface area contributed by atoms with Gasteiger partial charge in [-0.3, -0.25) is 4.98 Å². The van der Waals surface area contributed by atoms with E-state index in [-0.39, 0.29) is 17.9 Å². The molecule has 1 heterocycles. The number of hydrogen-bond donors (Lipinski definition) is 0. The van der Waals surface area contributed by atoms with Crippen LogP contribution >= 0.6 is 0 Å². The van der Waals surface area contributed by atoms with Crippen LogP contribution in [-0.4, -0.2) is 4.98 Å². The molecule has 1 nitrogen and oxygen atoms in total. The first kappa shape index (κ1) is 14.6. The third-order valence-electron chi connectivity index (χ3n) is 3.72. The van der Waals surface area contributed by atoms with Crippen LogP contribution in [0.4, 0.5) is 8.78 Å². The topological polar surface area (TPSA) is 12.9 Å². The Kier molecular flexibility index (Phi) is 4.83. The van der Waals surface area contributed by atoms with Crippen LogP contribution in [-0.2, 0) is 6.42 Å². The van der Waals surface area contributed by atoms with Crippen molar-refractivity contribution in [3.63, 3.8) is 0 Å². The fourth-order valence-corrected chi connectivity index (χ4v) is 2.49. The summed E-state index contributed by atoms with van der Waals surface area (Å²) in [4.78, 5) is 3.97. The first-order valence-electron chi connectivity index (χ1n) is 7.02. The van der Waals surface area contributed by atoms with Crippen molar-refractivity contribution in [1.29, 1.82) is 0 Å². The predicted molar refractivity (Wildman–Crippen MR) is 76.7 cm³/mol. The van der Waals surface area contributed by atoms with Gasteiger partial charge in [0, 0.05) is 24.4 Å². The number of aromatic nitrogens is 1. The molecule has 0 aliphatic rings. The molecule has 20 heavy (non-hydrogen) atoms. The molecule has 0 radical (unpaired) electrons. The highest BCUT2D eigenvalue weighted by Crippen LogP contribution is 2.27. The minimum atomic E-state index is -0.462. The van der Waals surface area contributed by atoms with Crippen LogP contribution in [0.15, 0.2) is 36.7 Å². The van der Waals surface area contributed by atoms with Crippen molar-refractivity contribution >= 4 is 0 Å².